The van der Waals surface area contributed by atoms with Gasteiger partial charge in [-0.05, 0) is 18.6 Å². The van der Waals surface area contributed by atoms with Crippen LogP contribution in [-0.2, 0) is 16.0 Å². The third kappa shape index (κ3) is 5.12. The van der Waals surface area contributed by atoms with Gasteiger partial charge in [0.1, 0.15) is 6.10 Å². The number of aromatic amines is 1. The number of amides is 1. The van der Waals surface area contributed by atoms with Gasteiger partial charge in [0.25, 0.3) is 5.56 Å². The Hall–Kier alpha value is -2.74. The largest absolute Gasteiger partial charge is 0.470 e. The van der Waals surface area contributed by atoms with E-state index in [9.17, 15) is 9.59 Å². The van der Waals surface area contributed by atoms with Gasteiger partial charge in [0, 0.05) is 37.8 Å². The first-order chi connectivity index (χ1) is 12.2. The fraction of sp³-hybridized carbons (Fsp3) is 0.412. The number of nitrogens with zero attached hydrogens (tertiary/aromatic N) is 2. The van der Waals surface area contributed by atoms with E-state index in [-0.39, 0.29) is 30.0 Å². The van der Waals surface area contributed by atoms with E-state index < -0.39 is 0 Å². The Labute approximate surface area is 144 Å². The number of carbonyl (C=O) groups is 1. The highest BCUT2D eigenvalue weighted by Crippen LogP contribution is 2.15. The van der Waals surface area contributed by atoms with E-state index in [1.807, 2.05) is 12.1 Å². The van der Waals surface area contributed by atoms with Crippen LogP contribution >= 0.6 is 0 Å². The molecule has 0 saturated carbocycles. The summed E-state index contributed by atoms with van der Waals surface area (Å²) < 4.78 is 11.3. The van der Waals surface area contributed by atoms with Crippen molar-refractivity contribution in [1.82, 2.24) is 20.5 Å². The Morgan fingerprint density at radius 3 is 3.04 bits per heavy atom. The molecular weight excluding hydrogens is 324 g/mol. The molecule has 0 spiro atoms. The fourth-order valence-corrected chi connectivity index (χ4v) is 2.60. The number of aromatic nitrogens is 3. The van der Waals surface area contributed by atoms with Crippen LogP contribution in [0.1, 0.15) is 18.5 Å². The lowest BCUT2D eigenvalue weighted by molar-refractivity contribution is -0.124. The lowest BCUT2D eigenvalue weighted by Gasteiger charge is -2.32. The van der Waals surface area contributed by atoms with Crippen LogP contribution in [0.25, 0.3) is 0 Å². The number of ether oxygens (including phenoxy) is 2. The molecule has 132 valence electrons. The van der Waals surface area contributed by atoms with Crippen LogP contribution in [0.4, 0.5) is 0 Å². The summed E-state index contributed by atoms with van der Waals surface area (Å²) in [5.74, 6) is 0.421. The van der Waals surface area contributed by atoms with Gasteiger partial charge in [-0.25, -0.2) is 10.1 Å². The molecule has 1 fully saturated rings. The van der Waals surface area contributed by atoms with Crippen molar-refractivity contribution < 1.29 is 14.3 Å². The van der Waals surface area contributed by atoms with E-state index in [4.69, 9.17) is 9.47 Å². The molecule has 2 aromatic rings. The normalized spacial score (nSPS) is 20.0. The molecule has 0 unspecified atom stereocenters. The van der Waals surface area contributed by atoms with E-state index in [0.29, 0.717) is 37.6 Å². The van der Waals surface area contributed by atoms with Crippen molar-refractivity contribution in [1.29, 1.82) is 0 Å². The minimum absolute atomic E-state index is 0.0884. The predicted molar refractivity (Wildman–Crippen MR) is 89.2 cm³/mol. The summed E-state index contributed by atoms with van der Waals surface area (Å²) in [5.41, 5.74) is 0.410. The first-order valence-corrected chi connectivity index (χ1v) is 8.20. The van der Waals surface area contributed by atoms with Gasteiger partial charge in [-0.1, -0.05) is 6.07 Å². The van der Waals surface area contributed by atoms with Gasteiger partial charge in [0.2, 0.25) is 11.8 Å². The second-order valence-electron chi connectivity index (χ2n) is 5.77. The fourth-order valence-electron chi connectivity index (χ4n) is 2.60. The maximum absolute atomic E-state index is 12.2. The van der Waals surface area contributed by atoms with Crippen molar-refractivity contribution in [3.05, 3.63) is 52.6 Å². The minimum atomic E-state index is -0.279. The number of carbonyl (C=O) groups excluding carboxylic acids is 1. The quantitative estimate of drug-likeness (QED) is 0.788. The molecule has 25 heavy (non-hydrogen) atoms. The van der Waals surface area contributed by atoms with Crippen LogP contribution in [0.3, 0.4) is 0 Å². The molecule has 1 saturated heterocycles. The van der Waals surface area contributed by atoms with Crippen molar-refractivity contribution in [3.8, 4) is 5.88 Å². The molecule has 3 rings (SSSR count). The highest BCUT2D eigenvalue weighted by atomic mass is 16.5. The van der Waals surface area contributed by atoms with Crippen molar-refractivity contribution in [2.45, 2.75) is 31.4 Å². The summed E-state index contributed by atoms with van der Waals surface area (Å²) in [6.07, 6.45) is 2.80. The molecule has 0 bridgehead atoms. The SMILES string of the molecule is O=C(CCc1ccc(=O)[nH]n1)N[C@@H]1CCOC[C@H]1Oc1ccccn1. The molecule has 3 heterocycles. The molecule has 0 radical (unpaired) electrons. The summed E-state index contributed by atoms with van der Waals surface area (Å²) in [7, 11) is 0. The Balaban J connectivity index is 1.52. The molecule has 1 aliphatic rings. The van der Waals surface area contributed by atoms with Gasteiger partial charge in [-0.2, -0.15) is 5.10 Å². The zero-order chi connectivity index (χ0) is 17.5. The standard InChI is InChI=1S/C17H20N4O4/c22-15(6-4-12-5-7-16(23)21-20-12)19-13-8-10-24-11-14(13)25-17-3-1-2-9-18-17/h1-3,5,7,9,13-14H,4,6,8,10-11H2,(H,19,22)(H,21,23)/t13-,14-/m1/s1. The summed E-state index contributed by atoms with van der Waals surface area (Å²) in [6.45, 7) is 0.984. The Kier molecular flexibility index (Phi) is 5.73. The van der Waals surface area contributed by atoms with Crippen LogP contribution in [0.5, 0.6) is 5.88 Å². The van der Waals surface area contributed by atoms with Crippen LogP contribution in [0.2, 0.25) is 0 Å². The topological polar surface area (TPSA) is 106 Å². The third-order valence-corrected chi connectivity index (χ3v) is 3.91. The predicted octanol–water partition coefficient (Wildman–Crippen LogP) is 0.450. The average molecular weight is 344 g/mol. The van der Waals surface area contributed by atoms with Crippen molar-refractivity contribution in [3.63, 3.8) is 0 Å². The zero-order valence-corrected chi connectivity index (χ0v) is 13.7. The summed E-state index contributed by atoms with van der Waals surface area (Å²) >= 11 is 0. The number of rotatable bonds is 6. The Morgan fingerprint density at radius 2 is 2.28 bits per heavy atom. The van der Waals surface area contributed by atoms with Gasteiger partial charge < -0.3 is 14.8 Å². The average Bonchev–Trinajstić information content (AvgIpc) is 2.64. The molecule has 8 nitrogen and oxygen atoms in total. The van der Waals surface area contributed by atoms with Gasteiger partial charge >= 0.3 is 0 Å². The van der Waals surface area contributed by atoms with Crippen molar-refractivity contribution >= 4 is 5.91 Å². The van der Waals surface area contributed by atoms with E-state index >= 15 is 0 Å². The molecule has 0 aromatic carbocycles. The molecule has 2 N–H and O–H groups in total. The van der Waals surface area contributed by atoms with Crippen LogP contribution in [0, 0.1) is 0 Å². The zero-order valence-electron chi connectivity index (χ0n) is 13.7. The molecule has 2 atom stereocenters. The Morgan fingerprint density at radius 1 is 1.36 bits per heavy atom. The van der Waals surface area contributed by atoms with Gasteiger partial charge in [-0.3, -0.25) is 9.59 Å². The number of aryl methyl sites for hydroxylation is 1. The van der Waals surface area contributed by atoms with Gasteiger partial charge in [-0.15, -0.1) is 0 Å². The molecule has 2 aromatic heterocycles. The van der Waals surface area contributed by atoms with Crippen molar-refractivity contribution in [2.24, 2.45) is 0 Å². The van der Waals surface area contributed by atoms with E-state index in [2.05, 4.69) is 20.5 Å². The number of pyridine rings is 1. The number of hydrogen-bond donors (Lipinski definition) is 2. The number of nitrogens with one attached hydrogen (secondary N) is 2. The Bertz CT molecular complexity index is 729. The lowest BCUT2D eigenvalue weighted by atomic mass is 10.1. The second kappa shape index (κ2) is 8.39. The first-order valence-electron chi connectivity index (χ1n) is 8.20. The first kappa shape index (κ1) is 17.1. The summed E-state index contributed by atoms with van der Waals surface area (Å²) in [5, 5.41) is 9.26. The van der Waals surface area contributed by atoms with Crippen molar-refractivity contribution in [2.75, 3.05) is 13.2 Å². The van der Waals surface area contributed by atoms with Crippen LogP contribution in [-0.4, -0.2) is 46.4 Å². The lowest BCUT2D eigenvalue weighted by Crippen LogP contribution is -2.51. The molecular formula is C17H20N4O4. The summed E-state index contributed by atoms with van der Waals surface area (Å²) in [4.78, 5) is 27.3. The van der Waals surface area contributed by atoms with Gasteiger partial charge in [0.05, 0.1) is 18.3 Å². The van der Waals surface area contributed by atoms with Gasteiger partial charge in [0.15, 0.2) is 0 Å². The monoisotopic (exact) mass is 344 g/mol. The number of H-pyrrole nitrogens is 1. The van der Waals surface area contributed by atoms with E-state index in [0.717, 1.165) is 0 Å². The maximum atomic E-state index is 12.2. The maximum Gasteiger partial charge on any atom is 0.264 e. The van der Waals surface area contributed by atoms with Crippen LogP contribution in [0.15, 0.2) is 41.3 Å². The van der Waals surface area contributed by atoms with E-state index in [1.54, 1.807) is 18.3 Å². The smallest absolute Gasteiger partial charge is 0.264 e. The van der Waals surface area contributed by atoms with E-state index in [1.165, 1.54) is 6.07 Å². The minimum Gasteiger partial charge on any atom is -0.470 e. The molecule has 0 aliphatic carbocycles. The van der Waals surface area contributed by atoms with Crippen LogP contribution < -0.4 is 15.6 Å². The number of hydrogen-bond acceptors (Lipinski definition) is 6. The molecule has 1 amide bonds. The highest BCUT2D eigenvalue weighted by Gasteiger charge is 2.29. The third-order valence-electron chi connectivity index (χ3n) is 3.91. The molecule has 8 heteroatoms. The summed E-state index contributed by atoms with van der Waals surface area (Å²) in [6, 6.07) is 8.32. The highest BCUT2D eigenvalue weighted by molar-refractivity contribution is 5.76. The second-order valence-corrected chi connectivity index (χ2v) is 5.77. The molecule has 1 aliphatic heterocycles.